The first-order valence-electron chi connectivity index (χ1n) is 38.7. The molecule has 2 fully saturated rings. The largest absolute Gasteiger partial charge is 0.380 e. The number of aryl methyl sites for hydroxylation is 2. The van der Waals surface area contributed by atoms with Crippen LogP contribution in [0.5, 0.6) is 0 Å². The Hall–Kier alpha value is -11.5. The van der Waals surface area contributed by atoms with Crippen molar-refractivity contribution in [2.75, 3.05) is 49.4 Å². The zero-order valence-electron chi connectivity index (χ0n) is 63.0. The standard InChI is InChI=1S/C103H94N2O4/c1-5-101(71-108-72-101)69-106-67-81-23-21-77(22-24-81)65-79-29-53-95(54-30-79)105(98-59-39-88(40-60-98)84-15-11-8-12-16-84)100-63-43-90(44-64-100)86-35-51-94(52-36-86)103(91-45-17-75(3)18-46-91,92-47-19-76(4)20-48-92)93-49-27-78(28-50-93)66-80-31-55-96(56-32-80)104(97-57-37-87(38-58-97)83-13-9-7-10-14-83)99-61-41-89(42-62-99)85-33-25-82(26-34-85)68-107-70-102(6-2)73-109-74-102/h7-64H,5-6,65-74H2,1-4H3. The molecule has 14 aromatic rings. The molecule has 2 aliphatic heterocycles. The predicted octanol–water partition coefficient (Wildman–Crippen LogP) is 25.4. The molecule has 0 atom stereocenters. The lowest BCUT2D eigenvalue weighted by Crippen LogP contribution is -2.45. The van der Waals surface area contributed by atoms with Crippen molar-refractivity contribution in [1.29, 1.82) is 0 Å². The highest BCUT2D eigenvalue weighted by molar-refractivity contribution is 5.82. The molecule has 14 aromatic carbocycles. The Labute approximate surface area is 644 Å². The number of benzene rings is 14. The number of nitrogens with zero attached hydrogens (tertiary/aromatic N) is 2. The van der Waals surface area contributed by atoms with Gasteiger partial charge in [0, 0.05) is 45.0 Å². The zero-order chi connectivity index (χ0) is 74.0. The van der Waals surface area contributed by atoms with E-state index in [2.05, 4.69) is 389 Å². The molecule has 0 unspecified atom stereocenters. The molecular weight excluding hydrogens is 1330 g/mol. The summed E-state index contributed by atoms with van der Waals surface area (Å²) in [5.41, 5.74) is 30.3. The average Bonchev–Trinajstić information content (AvgIpc) is 0.730. The van der Waals surface area contributed by atoms with Crippen molar-refractivity contribution in [3.63, 3.8) is 0 Å². The van der Waals surface area contributed by atoms with Gasteiger partial charge in [0.15, 0.2) is 0 Å². The average molecular weight is 1420 g/mol. The van der Waals surface area contributed by atoms with E-state index in [0.29, 0.717) is 13.2 Å². The van der Waals surface area contributed by atoms with Crippen LogP contribution >= 0.6 is 0 Å². The minimum Gasteiger partial charge on any atom is -0.380 e. The fraction of sp³-hybridized carbons (Fsp3) is 0.184. The number of rotatable bonds is 28. The Bertz CT molecular complexity index is 5200. The first kappa shape index (κ1) is 71.8. The van der Waals surface area contributed by atoms with Gasteiger partial charge in [-0.15, -0.1) is 0 Å². The van der Waals surface area contributed by atoms with Gasteiger partial charge in [-0.3, -0.25) is 0 Å². The second-order valence-electron chi connectivity index (χ2n) is 30.2. The zero-order valence-corrected chi connectivity index (χ0v) is 63.0. The van der Waals surface area contributed by atoms with E-state index in [0.717, 1.165) is 111 Å². The molecule has 6 nitrogen and oxygen atoms in total. The SMILES string of the molecule is CCC1(COCc2ccc(Cc3ccc(N(c4ccc(-c5ccccc5)cc4)c4ccc(-c5ccc(C(c6ccc(C)cc6)(c6ccc(C)cc6)c6ccc(Cc7ccc(N(c8ccc(-c9ccccc9)cc8)c8ccc(-c9ccc(COCC%10(CC)COC%10)cc9)cc8)cc7)cc6)cc5)cc4)cc3)cc2)COC1. The first-order valence-corrected chi connectivity index (χ1v) is 38.7. The molecule has 0 amide bonds. The second-order valence-corrected chi connectivity index (χ2v) is 30.2. The molecule has 2 saturated heterocycles. The highest BCUT2D eigenvalue weighted by atomic mass is 16.5. The van der Waals surface area contributed by atoms with Gasteiger partial charge in [0.05, 0.1) is 58.3 Å². The Morgan fingerprint density at radius 2 is 0.486 bits per heavy atom. The van der Waals surface area contributed by atoms with Crippen LogP contribution in [0.1, 0.15) is 93.5 Å². The molecular formula is C103H94N2O4. The maximum atomic E-state index is 6.19. The molecule has 0 bridgehead atoms. The summed E-state index contributed by atoms with van der Waals surface area (Å²) < 4.78 is 23.4. The molecule has 6 heteroatoms. The summed E-state index contributed by atoms with van der Waals surface area (Å²) in [7, 11) is 0. The van der Waals surface area contributed by atoms with Crippen molar-refractivity contribution in [1.82, 2.24) is 0 Å². The van der Waals surface area contributed by atoms with Gasteiger partial charge in [-0.2, -0.15) is 0 Å². The summed E-state index contributed by atoms with van der Waals surface area (Å²) in [5, 5.41) is 0. The van der Waals surface area contributed by atoms with Crippen LogP contribution in [0.2, 0.25) is 0 Å². The summed E-state index contributed by atoms with van der Waals surface area (Å²) >= 11 is 0. The fourth-order valence-corrected chi connectivity index (χ4v) is 15.6. The quantitative estimate of drug-likeness (QED) is 0.0455. The van der Waals surface area contributed by atoms with E-state index in [1.165, 1.54) is 100 Å². The van der Waals surface area contributed by atoms with E-state index >= 15 is 0 Å². The predicted molar refractivity (Wildman–Crippen MR) is 450 cm³/mol. The maximum Gasteiger partial charge on any atom is 0.0717 e. The van der Waals surface area contributed by atoms with Crippen molar-refractivity contribution < 1.29 is 18.9 Å². The van der Waals surface area contributed by atoms with Crippen LogP contribution < -0.4 is 9.80 Å². The van der Waals surface area contributed by atoms with Gasteiger partial charge in [-0.05, 0) is 212 Å². The van der Waals surface area contributed by atoms with Crippen molar-refractivity contribution in [2.24, 2.45) is 10.8 Å². The smallest absolute Gasteiger partial charge is 0.0717 e. The highest BCUT2D eigenvalue weighted by Crippen LogP contribution is 2.47. The minimum absolute atomic E-state index is 0.173. The third-order valence-corrected chi connectivity index (χ3v) is 22.7. The molecule has 0 spiro atoms. The van der Waals surface area contributed by atoms with Crippen LogP contribution in [-0.2, 0) is 50.4 Å². The molecule has 0 N–H and O–H groups in total. The second kappa shape index (κ2) is 32.5. The van der Waals surface area contributed by atoms with Gasteiger partial charge in [0.1, 0.15) is 0 Å². The van der Waals surface area contributed by atoms with E-state index in [-0.39, 0.29) is 10.8 Å². The van der Waals surface area contributed by atoms with Crippen LogP contribution in [0.3, 0.4) is 0 Å². The maximum absolute atomic E-state index is 6.19. The van der Waals surface area contributed by atoms with E-state index in [9.17, 15) is 0 Å². The molecule has 0 aromatic heterocycles. The van der Waals surface area contributed by atoms with E-state index in [1.54, 1.807) is 0 Å². The molecule has 0 saturated carbocycles. The van der Waals surface area contributed by atoms with Crippen LogP contribution in [0.15, 0.2) is 352 Å². The summed E-state index contributed by atoms with van der Waals surface area (Å²) in [6.07, 6.45) is 3.78. The van der Waals surface area contributed by atoms with E-state index < -0.39 is 5.41 Å². The normalized spacial score (nSPS) is 13.6. The lowest BCUT2D eigenvalue weighted by atomic mass is 9.64. The molecule has 540 valence electrons. The number of anilines is 6. The number of hydrogen-bond donors (Lipinski definition) is 0. The topological polar surface area (TPSA) is 43.4 Å². The molecule has 109 heavy (non-hydrogen) atoms. The summed E-state index contributed by atoms with van der Waals surface area (Å²) in [6.45, 7) is 14.7. The fourth-order valence-electron chi connectivity index (χ4n) is 15.6. The monoisotopic (exact) mass is 1420 g/mol. The molecule has 0 aliphatic carbocycles. The van der Waals surface area contributed by atoms with Gasteiger partial charge >= 0.3 is 0 Å². The molecule has 2 heterocycles. The Kier molecular flexibility index (Phi) is 21.4. The Balaban J connectivity index is 0.655. The van der Waals surface area contributed by atoms with Crippen LogP contribution in [0.25, 0.3) is 44.5 Å². The molecule has 16 rings (SSSR count). The summed E-state index contributed by atoms with van der Waals surface area (Å²) in [5.74, 6) is 0. The first-order chi connectivity index (χ1) is 53.6. The van der Waals surface area contributed by atoms with Gasteiger partial charge < -0.3 is 28.7 Å². The van der Waals surface area contributed by atoms with Crippen LogP contribution in [-0.4, -0.2) is 39.6 Å². The lowest BCUT2D eigenvalue weighted by Gasteiger charge is -2.40. The molecule has 2 aliphatic rings. The Morgan fingerprint density at radius 3 is 0.771 bits per heavy atom. The summed E-state index contributed by atoms with van der Waals surface area (Å²) in [4.78, 5) is 4.73. The third kappa shape index (κ3) is 15.9. The van der Waals surface area contributed by atoms with Crippen molar-refractivity contribution in [3.05, 3.63) is 419 Å². The van der Waals surface area contributed by atoms with Gasteiger partial charge in [0.25, 0.3) is 0 Å². The van der Waals surface area contributed by atoms with Crippen molar-refractivity contribution >= 4 is 34.1 Å². The number of ether oxygens (including phenoxy) is 4. The van der Waals surface area contributed by atoms with Crippen molar-refractivity contribution in [2.45, 2.75) is 72.0 Å². The summed E-state index contributed by atoms with van der Waals surface area (Å²) in [6, 6.07) is 130. The van der Waals surface area contributed by atoms with E-state index in [4.69, 9.17) is 18.9 Å². The third-order valence-electron chi connectivity index (χ3n) is 22.7. The minimum atomic E-state index is -0.635. The van der Waals surface area contributed by atoms with Gasteiger partial charge in [-0.25, -0.2) is 0 Å². The molecule has 0 radical (unpaired) electrons. The Morgan fingerprint density at radius 1 is 0.266 bits per heavy atom. The van der Waals surface area contributed by atoms with Gasteiger partial charge in [-0.1, -0.05) is 304 Å². The van der Waals surface area contributed by atoms with Gasteiger partial charge in [0.2, 0.25) is 0 Å². The lowest BCUT2D eigenvalue weighted by molar-refractivity contribution is -0.152. The van der Waals surface area contributed by atoms with Crippen LogP contribution in [0.4, 0.5) is 34.1 Å². The van der Waals surface area contributed by atoms with Crippen LogP contribution in [0, 0.1) is 24.7 Å². The van der Waals surface area contributed by atoms with E-state index in [1.807, 2.05) is 0 Å². The number of hydrogen-bond acceptors (Lipinski definition) is 6. The van der Waals surface area contributed by atoms with Crippen molar-refractivity contribution in [3.8, 4) is 44.5 Å². The highest BCUT2D eigenvalue weighted by Gasteiger charge is 2.40.